The fraction of sp³-hybridized carbons (Fsp3) is 0.625. The summed E-state index contributed by atoms with van der Waals surface area (Å²) in [5.74, 6) is 1.41. The summed E-state index contributed by atoms with van der Waals surface area (Å²) in [6, 6.07) is 5.02. The number of nitrogens with zero attached hydrogens (tertiary/aromatic N) is 1. The van der Waals surface area contributed by atoms with E-state index in [4.69, 9.17) is 14.2 Å². The summed E-state index contributed by atoms with van der Waals surface area (Å²) >= 11 is 0. The van der Waals surface area contributed by atoms with E-state index in [1.54, 1.807) is 22.5 Å². The third kappa shape index (κ3) is 3.05. The van der Waals surface area contributed by atoms with Gasteiger partial charge in [0.25, 0.3) is 0 Å². The summed E-state index contributed by atoms with van der Waals surface area (Å²) in [6.07, 6.45) is 2.81. The van der Waals surface area contributed by atoms with Crippen LogP contribution in [0.15, 0.2) is 23.1 Å². The minimum Gasteiger partial charge on any atom is -0.486 e. The highest BCUT2D eigenvalue weighted by Crippen LogP contribution is 2.37. The molecule has 0 N–H and O–H groups in total. The summed E-state index contributed by atoms with van der Waals surface area (Å²) < 4.78 is 44.2. The van der Waals surface area contributed by atoms with E-state index >= 15 is 0 Å². The normalized spacial score (nSPS) is 24.1. The van der Waals surface area contributed by atoms with Gasteiger partial charge in [0.05, 0.1) is 11.5 Å². The molecule has 1 saturated carbocycles. The van der Waals surface area contributed by atoms with Gasteiger partial charge in [-0.05, 0) is 37.3 Å². The lowest BCUT2D eigenvalue weighted by Gasteiger charge is -2.25. The number of ether oxygens (including phenoxy) is 3. The van der Waals surface area contributed by atoms with E-state index < -0.39 is 10.0 Å². The average molecular weight is 339 g/mol. The second-order valence-electron chi connectivity index (χ2n) is 6.34. The van der Waals surface area contributed by atoms with Crippen LogP contribution in [0.1, 0.15) is 19.3 Å². The number of benzene rings is 1. The molecular formula is C16H21NO5S. The lowest BCUT2D eigenvalue weighted by molar-refractivity contribution is 0.171. The molecule has 0 bridgehead atoms. The lowest BCUT2D eigenvalue weighted by atomic mass is 10.1. The Hall–Kier alpha value is -1.31. The number of hydrogen-bond acceptors (Lipinski definition) is 5. The van der Waals surface area contributed by atoms with Crippen LogP contribution in [0, 0.1) is 5.92 Å². The van der Waals surface area contributed by atoms with Crippen molar-refractivity contribution in [1.29, 1.82) is 0 Å². The molecule has 2 fully saturated rings. The Morgan fingerprint density at radius 1 is 1.04 bits per heavy atom. The Labute approximate surface area is 136 Å². The first-order chi connectivity index (χ1) is 11.1. The highest BCUT2D eigenvalue weighted by molar-refractivity contribution is 7.89. The highest BCUT2D eigenvalue weighted by atomic mass is 32.2. The molecule has 1 aliphatic carbocycles. The largest absolute Gasteiger partial charge is 0.486 e. The first-order valence-electron chi connectivity index (χ1n) is 8.14. The van der Waals surface area contributed by atoms with Gasteiger partial charge in [-0.15, -0.1) is 0 Å². The van der Waals surface area contributed by atoms with Crippen molar-refractivity contribution in [3.8, 4) is 11.5 Å². The summed E-state index contributed by atoms with van der Waals surface area (Å²) in [5.41, 5.74) is 0. The molecule has 1 atom stereocenters. The summed E-state index contributed by atoms with van der Waals surface area (Å²) in [6.45, 7) is 2.87. The molecule has 0 amide bonds. The number of sulfonamides is 1. The Morgan fingerprint density at radius 3 is 2.52 bits per heavy atom. The SMILES string of the molecule is O=S(=O)(c1ccc2c(c1)OCCO2)N(C[C@H]1CCOC1)C1CC1. The summed E-state index contributed by atoms with van der Waals surface area (Å²) in [4.78, 5) is 0.285. The molecular weight excluding hydrogens is 318 g/mol. The van der Waals surface area contributed by atoms with Crippen molar-refractivity contribution in [1.82, 2.24) is 4.31 Å². The minimum atomic E-state index is -3.52. The van der Waals surface area contributed by atoms with Gasteiger partial charge in [0, 0.05) is 25.3 Å². The number of hydrogen-bond donors (Lipinski definition) is 0. The second kappa shape index (κ2) is 5.96. The zero-order valence-corrected chi connectivity index (χ0v) is 13.8. The van der Waals surface area contributed by atoms with Gasteiger partial charge in [0.2, 0.25) is 10.0 Å². The lowest BCUT2D eigenvalue weighted by Crippen LogP contribution is -2.37. The van der Waals surface area contributed by atoms with E-state index in [0.29, 0.717) is 43.8 Å². The van der Waals surface area contributed by atoms with Crippen LogP contribution in [0.3, 0.4) is 0 Å². The molecule has 2 aliphatic heterocycles. The molecule has 23 heavy (non-hydrogen) atoms. The van der Waals surface area contributed by atoms with Crippen LogP contribution in [0.25, 0.3) is 0 Å². The predicted molar refractivity (Wildman–Crippen MR) is 83.3 cm³/mol. The van der Waals surface area contributed by atoms with Crippen LogP contribution in [-0.2, 0) is 14.8 Å². The molecule has 7 heteroatoms. The van der Waals surface area contributed by atoms with Crippen molar-refractivity contribution < 1.29 is 22.6 Å². The molecule has 0 unspecified atom stereocenters. The molecule has 2 heterocycles. The maximum absolute atomic E-state index is 13.1. The van der Waals surface area contributed by atoms with Crippen LogP contribution in [0.5, 0.6) is 11.5 Å². The molecule has 1 saturated heterocycles. The van der Waals surface area contributed by atoms with Crippen LogP contribution in [0.2, 0.25) is 0 Å². The van der Waals surface area contributed by atoms with Gasteiger partial charge in [0.1, 0.15) is 13.2 Å². The fourth-order valence-corrected chi connectivity index (χ4v) is 4.88. The van der Waals surface area contributed by atoms with Crippen molar-refractivity contribution in [3.05, 3.63) is 18.2 Å². The van der Waals surface area contributed by atoms with Gasteiger partial charge in [-0.3, -0.25) is 0 Å². The molecule has 0 spiro atoms. The van der Waals surface area contributed by atoms with E-state index in [1.807, 2.05) is 0 Å². The Kier molecular flexibility index (Phi) is 3.95. The average Bonchev–Trinajstić information content (AvgIpc) is 3.27. The maximum atomic E-state index is 13.1. The molecule has 6 nitrogen and oxygen atoms in total. The smallest absolute Gasteiger partial charge is 0.243 e. The monoisotopic (exact) mass is 339 g/mol. The molecule has 1 aromatic rings. The second-order valence-corrected chi connectivity index (χ2v) is 8.23. The van der Waals surface area contributed by atoms with Gasteiger partial charge in [0.15, 0.2) is 11.5 Å². The van der Waals surface area contributed by atoms with E-state index in [1.165, 1.54) is 0 Å². The van der Waals surface area contributed by atoms with Crippen LogP contribution < -0.4 is 9.47 Å². The third-order valence-electron chi connectivity index (χ3n) is 4.54. The minimum absolute atomic E-state index is 0.133. The topological polar surface area (TPSA) is 65.1 Å². The van der Waals surface area contributed by atoms with Crippen molar-refractivity contribution >= 4 is 10.0 Å². The standard InChI is InChI=1S/C16H21NO5S/c18-23(19,14-3-4-15-16(9-14)22-8-7-21-15)17(13-1-2-13)10-12-5-6-20-11-12/h3-4,9,12-13H,1-2,5-8,10-11H2/t12-/m1/s1. The van der Waals surface area contributed by atoms with Gasteiger partial charge in [-0.2, -0.15) is 4.31 Å². The van der Waals surface area contributed by atoms with Gasteiger partial charge in [-0.1, -0.05) is 0 Å². The summed E-state index contributed by atoms with van der Waals surface area (Å²) in [5, 5.41) is 0. The van der Waals surface area contributed by atoms with Gasteiger partial charge >= 0.3 is 0 Å². The summed E-state index contributed by atoms with van der Waals surface area (Å²) in [7, 11) is -3.52. The predicted octanol–water partition coefficient (Wildman–Crippen LogP) is 1.65. The van der Waals surface area contributed by atoms with Gasteiger partial charge < -0.3 is 14.2 Å². The third-order valence-corrected chi connectivity index (χ3v) is 6.45. The highest BCUT2D eigenvalue weighted by Gasteiger charge is 2.40. The van der Waals surface area contributed by atoms with E-state index in [9.17, 15) is 8.42 Å². The molecule has 3 aliphatic rings. The fourth-order valence-electron chi connectivity index (χ4n) is 3.11. The zero-order valence-electron chi connectivity index (χ0n) is 12.9. The van der Waals surface area contributed by atoms with Crippen LogP contribution in [-0.4, -0.2) is 51.7 Å². The maximum Gasteiger partial charge on any atom is 0.243 e. The molecule has 0 radical (unpaired) electrons. The van der Waals surface area contributed by atoms with E-state index in [-0.39, 0.29) is 10.9 Å². The quantitative estimate of drug-likeness (QED) is 0.816. The van der Waals surface area contributed by atoms with Gasteiger partial charge in [-0.25, -0.2) is 8.42 Å². The Morgan fingerprint density at radius 2 is 1.83 bits per heavy atom. The first-order valence-corrected chi connectivity index (χ1v) is 9.58. The van der Waals surface area contributed by atoms with Crippen molar-refractivity contribution in [2.75, 3.05) is 33.0 Å². The van der Waals surface area contributed by atoms with E-state index in [0.717, 1.165) is 25.9 Å². The Bertz CT molecular complexity index is 680. The Balaban J connectivity index is 1.61. The first kappa shape index (κ1) is 15.2. The molecule has 4 rings (SSSR count). The molecule has 126 valence electrons. The number of fused-ring (bicyclic) bond motifs is 1. The van der Waals surface area contributed by atoms with Crippen molar-refractivity contribution in [3.63, 3.8) is 0 Å². The zero-order chi connectivity index (χ0) is 15.9. The van der Waals surface area contributed by atoms with Crippen molar-refractivity contribution in [2.24, 2.45) is 5.92 Å². The van der Waals surface area contributed by atoms with Crippen LogP contribution >= 0.6 is 0 Å². The molecule has 1 aromatic carbocycles. The molecule has 0 aromatic heterocycles. The number of rotatable bonds is 5. The van der Waals surface area contributed by atoms with Crippen LogP contribution in [0.4, 0.5) is 0 Å². The van der Waals surface area contributed by atoms with E-state index in [2.05, 4.69) is 0 Å². The van der Waals surface area contributed by atoms with Crippen molar-refractivity contribution in [2.45, 2.75) is 30.2 Å².